The molecule has 0 radical (unpaired) electrons. The normalized spacial score (nSPS) is 9.38. The second-order valence-electron chi connectivity index (χ2n) is 2.54. The third-order valence-electron chi connectivity index (χ3n) is 1.31. The van der Waals surface area contributed by atoms with Crippen molar-refractivity contribution in [2.75, 3.05) is 0 Å². The summed E-state index contributed by atoms with van der Waals surface area (Å²) in [6, 6.07) is 0. The largest absolute Gasteiger partial charge is 0.0876 e. The lowest BCUT2D eigenvalue weighted by Crippen LogP contribution is -1.62. The highest BCUT2D eigenvalue weighted by molar-refractivity contribution is 5.30. The summed E-state index contributed by atoms with van der Waals surface area (Å²) in [7, 11) is 0. The van der Waals surface area contributed by atoms with Crippen molar-refractivity contribution in [3.05, 3.63) is 24.3 Å². The summed E-state index contributed by atoms with van der Waals surface area (Å²) in [5.41, 5.74) is 0. The standard InChI is InChI=1S/C13H16/c1-3-5-7-9-11-13-12-10-8-6-4-2/h3,5,8,10H,4,6,12H2,1-2H3. The van der Waals surface area contributed by atoms with Gasteiger partial charge in [0.2, 0.25) is 0 Å². The summed E-state index contributed by atoms with van der Waals surface area (Å²) >= 11 is 0. The summed E-state index contributed by atoms with van der Waals surface area (Å²) in [6.07, 6.45) is 11.1. The van der Waals surface area contributed by atoms with Crippen LogP contribution in [-0.2, 0) is 0 Å². The average Bonchev–Trinajstić information content (AvgIpc) is 2.16. The SMILES string of the molecule is CC=CC#CC#CCC=CCCC. The fraction of sp³-hybridized carbons (Fsp3) is 0.385. The minimum atomic E-state index is 0.810. The van der Waals surface area contributed by atoms with Gasteiger partial charge in [0.1, 0.15) is 0 Å². The fourth-order valence-corrected chi connectivity index (χ4v) is 0.683. The first-order valence-electron chi connectivity index (χ1n) is 4.66. The van der Waals surface area contributed by atoms with E-state index in [1.165, 1.54) is 6.42 Å². The highest BCUT2D eigenvalue weighted by Crippen LogP contribution is 1.89. The van der Waals surface area contributed by atoms with E-state index in [0.29, 0.717) is 0 Å². The lowest BCUT2D eigenvalue weighted by Gasteiger charge is -1.80. The molecule has 0 heteroatoms. The van der Waals surface area contributed by atoms with Gasteiger partial charge in [0.15, 0.2) is 0 Å². The van der Waals surface area contributed by atoms with Crippen LogP contribution in [0.2, 0.25) is 0 Å². The van der Waals surface area contributed by atoms with Gasteiger partial charge in [-0.2, -0.15) is 0 Å². The summed E-state index contributed by atoms with van der Waals surface area (Å²) in [6.45, 7) is 4.11. The van der Waals surface area contributed by atoms with Crippen LogP contribution in [0.15, 0.2) is 24.3 Å². The third kappa shape index (κ3) is 10.6. The molecule has 0 unspecified atom stereocenters. The Morgan fingerprint density at radius 1 is 1.15 bits per heavy atom. The second-order valence-corrected chi connectivity index (χ2v) is 2.54. The van der Waals surface area contributed by atoms with Crippen LogP contribution in [0.25, 0.3) is 0 Å². The van der Waals surface area contributed by atoms with Gasteiger partial charge >= 0.3 is 0 Å². The quantitative estimate of drug-likeness (QED) is 0.452. The van der Waals surface area contributed by atoms with E-state index in [0.717, 1.165) is 12.8 Å². The molecule has 0 aliphatic heterocycles. The first-order valence-corrected chi connectivity index (χ1v) is 4.66. The smallest absolute Gasteiger partial charge is 0.0279 e. The molecule has 0 N–H and O–H groups in total. The van der Waals surface area contributed by atoms with Gasteiger partial charge in [-0.1, -0.05) is 43.4 Å². The van der Waals surface area contributed by atoms with Crippen molar-refractivity contribution in [2.45, 2.75) is 33.1 Å². The molecule has 0 atom stereocenters. The Morgan fingerprint density at radius 3 is 2.69 bits per heavy atom. The molecular formula is C13H16. The van der Waals surface area contributed by atoms with E-state index in [4.69, 9.17) is 0 Å². The van der Waals surface area contributed by atoms with E-state index >= 15 is 0 Å². The fourth-order valence-electron chi connectivity index (χ4n) is 0.683. The molecule has 0 bridgehead atoms. The van der Waals surface area contributed by atoms with Gasteiger partial charge in [0, 0.05) is 6.42 Å². The molecule has 0 saturated carbocycles. The van der Waals surface area contributed by atoms with Gasteiger partial charge in [0.05, 0.1) is 0 Å². The predicted molar refractivity (Wildman–Crippen MR) is 59.0 cm³/mol. The van der Waals surface area contributed by atoms with E-state index in [2.05, 4.69) is 42.8 Å². The van der Waals surface area contributed by atoms with Crippen molar-refractivity contribution in [1.29, 1.82) is 0 Å². The Bertz CT molecular complexity index is 271. The highest BCUT2D eigenvalue weighted by Gasteiger charge is 1.70. The highest BCUT2D eigenvalue weighted by atomic mass is 13.8. The molecule has 0 aliphatic carbocycles. The molecule has 0 aromatic carbocycles. The summed E-state index contributed by atoms with van der Waals surface area (Å²) in [5, 5.41) is 0. The van der Waals surface area contributed by atoms with Crippen molar-refractivity contribution in [3.8, 4) is 23.7 Å². The van der Waals surface area contributed by atoms with Crippen LogP contribution in [0.4, 0.5) is 0 Å². The molecule has 0 heterocycles. The van der Waals surface area contributed by atoms with Crippen LogP contribution in [-0.4, -0.2) is 0 Å². The van der Waals surface area contributed by atoms with Crippen molar-refractivity contribution >= 4 is 0 Å². The molecule has 0 saturated heterocycles. The minimum Gasteiger partial charge on any atom is -0.0876 e. The van der Waals surface area contributed by atoms with Crippen LogP contribution in [0, 0.1) is 23.7 Å². The van der Waals surface area contributed by atoms with Crippen LogP contribution < -0.4 is 0 Å². The molecule has 0 spiro atoms. The zero-order chi connectivity index (χ0) is 9.78. The predicted octanol–water partition coefficient (Wildman–Crippen LogP) is 3.32. The first kappa shape index (κ1) is 11.6. The molecule has 0 aromatic heterocycles. The molecule has 0 aromatic rings. The molecule has 0 fully saturated rings. The van der Waals surface area contributed by atoms with Crippen molar-refractivity contribution in [2.24, 2.45) is 0 Å². The van der Waals surface area contributed by atoms with E-state index in [9.17, 15) is 0 Å². The Balaban J connectivity index is 3.58. The van der Waals surface area contributed by atoms with Gasteiger partial charge in [-0.3, -0.25) is 0 Å². The van der Waals surface area contributed by atoms with Crippen molar-refractivity contribution < 1.29 is 0 Å². The maximum atomic E-state index is 2.96. The second kappa shape index (κ2) is 10.6. The molecular weight excluding hydrogens is 156 g/mol. The van der Waals surface area contributed by atoms with E-state index in [1.807, 2.05) is 13.0 Å². The average molecular weight is 172 g/mol. The summed E-state index contributed by atoms with van der Waals surface area (Å²) in [4.78, 5) is 0. The van der Waals surface area contributed by atoms with Crippen LogP contribution in [0.1, 0.15) is 33.1 Å². The minimum absolute atomic E-state index is 0.810. The number of hydrogen-bond donors (Lipinski definition) is 0. The first-order chi connectivity index (χ1) is 6.41. The van der Waals surface area contributed by atoms with Crippen molar-refractivity contribution in [3.63, 3.8) is 0 Å². The Morgan fingerprint density at radius 2 is 2.00 bits per heavy atom. The van der Waals surface area contributed by atoms with Gasteiger partial charge in [-0.15, -0.1) is 0 Å². The number of rotatable bonds is 3. The van der Waals surface area contributed by atoms with E-state index < -0.39 is 0 Å². The lowest BCUT2D eigenvalue weighted by atomic mass is 10.3. The molecule has 0 nitrogen and oxygen atoms in total. The zero-order valence-electron chi connectivity index (χ0n) is 8.43. The van der Waals surface area contributed by atoms with Crippen LogP contribution in [0.5, 0.6) is 0 Å². The molecule has 0 rings (SSSR count). The third-order valence-corrected chi connectivity index (χ3v) is 1.31. The molecule has 0 amide bonds. The van der Waals surface area contributed by atoms with Gasteiger partial charge < -0.3 is 0 Å². The van der Waals surface area contributed by atoms with Crippen LogP contribution in [0.3, 0.4) is 0 Å². The zero-order valence-corrected chi connectivity index (χ0v) is 8.43. The number of allylic oxidation sites excluding steroid dienone is 4. The van der Waals surface area contributed by atoms with E-state index in [-0.39, 0.29) is 0 Å². The molecule has 13 heavy (non-hydrogen) atoms. The van der Waals surface area contributed by atoms with Gasteiger partial charge in [-0.25, -0.2) is 0 Å². The Hall–Kier alpha value is -1.40. The maximum Gasteiger partial charge on any atom is 0.0279 e. The number of hydrogen-bond acceptors (Lipinski definition) is 0. The van der Waals surface area contributed by atoms with Crippen LogP contribution >= 0.6 is 0 Å². The van der Waals surface area contributed by atoms with Gasteiger partial charge in [-0.05, 0) is 31.3 Å². The Kier molecular flexibility index (Phi) is 9.46. The number of unbranched alkanes of at least 4 members (excludes halogenated alkanes) is 1. The molecule has 0 aliphatic rings. The van der Waals surface area contributed by atoms with Crippen molar-refractivity contribution in [1.82, 2.24) is 0 Å². The monoisotopic (exact) mass is 172 g/mol. The van der Waals surface area contributed by atoms with E-state index in [1.54, 1.807) is 6.08 Å². The summed E-state index contributed by atoms with van der Waals surface area (Å²) in [5.74, 6) is 11.3. The molecule has 68 valence electrons. The topological polar surface area (TPSA) is 0 Å². The lowest BCUT2D eigenvalue weighted by molar-refractivity contribution is 0.955. The maximum absolute atomic E-state index is 2.96. The summed E-state index contributed by atoms with van der Waals surface area (Å²) < 4.78 is 0. The Labute approximate surface area is 81.7 Å². The van der Waals surface area contributed by atoms with Gasteiger partial charge in [0.25, 0.3) is 0 Å².